The molecule has 0 radical (unpaired) electrons. The van der Waals surface area contributed by atoms with E-state index in [0.717, 1.165) is 0 Å². The van der Waals surface area contributed by atoms with Crippen LogP contribution < -0.4 is 19.5 Å². The lowest BCUT2D eigenvalue weighted by Gasteiger charge is -2.31. The molecule has 1 aliphatic rings. The molecule has 1 heterocycles. The molecule has 0 aliphatic carbocycles. The first-order valence-corrected chi connectivity index (χ1v) is 14.3. The first-order chi connectivity index (χ1) is 17.9. The molecule has 2 atom stereocenters. The summed E-state index contributed by atoms with van der Waals surface area (Å²) in [6.07, 6.45) is 1.03. The summed E-state index contributed by atoms with van der Waals surface area (Å²) in [4.78, 5) is 12.9. The van der Waals surface area contributed by atoms with Crippen LogP contribution in [0, 0.1) is 11.8 Å². The zero-order valence-electron chi connectivity index (χ0n) is 22.2. The quantitative estimate of drug-likeness (QED) is 0.348. The van der Waals surface area contributed by atoms with Gasteiger partial charge in [0, 0.05) is 44.9 Å². The molecule has 2 aromatic rings. The number of sulfonamides is 1. The van der Waals surface area contributed by atoms with E-state index in [0.29, 0.717) is 38.2 Å². The minimum atomic E-state index is -4.11. The average Bonchev–Trinajstić information content (AvgIpc) is 2.84. The maximum absolute atomic E-state index is 13.9. The Morgan fingerprint density at radius 3 is 2.50 bits per heavy atom. The summed E-state index contributed by atoms with van der Waals surface area (Å²) >= 11 is 0. The SMILES string of the molecule is CCOc1cc(NC(=O)C(CC)C(O)C2CCOCC2)ccc1S(=O)(=O)Nc1cccc(OC(C)(C)F)c1. The minimum Gasteiger partial charge on any atom is -0.492 e. The highest BCUT2D eigenvalue weighted by Gasteiger charge is 2.33. The fourth-order valence-electron chi connectivity index (χ4n) is 4.39. The number of amides is 1. The third-order valence-electron chi connectivity index (χ3n) is 6.19. The second kappa shape index (κ2) is 12.8. The Kier molecular flexibility index (Phi) is 9.97. The molecule has 210 valence electrons. The standard InChI is InChI=1S/C27H37FN2O7S/c1-5-22(25(31)18-12-14-35-15-13-18)26(32)29-19-10-11-24(23(17-19)36-6-2)38(33,34)30-20-8-7-9-21(16-20)37-27(3,4)28/h7-11,16-18,22,25,30-31H,5-6,12-15H2,1-4H3,(H,29,32). The molecule has 1 saturated heterocycles. The second-order valence-electron chi connectivity index (χ2n) is 9.64. The van der Waals surface area contributed by atoms with Crippen molar-refractivity contribution in [1.29, 1.82) is 0 Å². The third kappa shape index (κ3) is 8.05. The summed E-state index contributed by atoms with van der Waals surface area (Å²) in [5.41, 5.74) is 0.523. The average molecular weight is 553 g/mol. The van der Waals surface area contributed by atoms with Crippen molar-refractivity contribution in [3.8, 4) is 11.5 Å². The van der Waals surface area contributed by atoms with E-state index in [9.17, 15) is 22.7 Å². The Balaban J connectivity index is 1.79. The molecule has 0 spiro atoms. The number of hydrogen-bond acceptors (Lipinski definition) is 7. The smallest absolute Gasteiger partial charge is 0.265 e. The van der Waals surface area contributed by atoms with E-state index in [1.807, 2.05) is 6.92 Å². The van der Waals surface area contributed by atoms with E-state index in [1.54, 1.807) is 13.0 Å². The molecule has 1 aliphatic heterocycles. The Morgan fingerprint density at radius 1 is 1.16 bits per heavy atom. The van der Waals surface area contributed by atoms with Crippen LogP contribution in [0.3, 0.4) is 0 Å². The van der Waals surface area contributed by atoms with E-state index in [2.05, 4.69) is 10.0 Å². The van der Waals surface area contributed by atoms with Crippen LogP contribution in [0.2, 0.25) is 0 Å². The van der Waals surface area contributed by atoms with Crippen LogP contribution in [0.1, 0.15) is 47.0 Å². The van der Waals surface area contributed by atoms with Gasteiger partial charge in [0.25, 0.3) is 10.0 Å². The van der Waals surface area contributed by atoms with Gasteiger partial charge in [-0.25, -0.2) is 8.42 Å². The summed E-state index contributed by atoms with van der Waals surface area (Å²) in [5.74, 6) is -2.71. The Bertz CT molecular complexity index is 1190. The number of benzene rings is 2. The number of aliphatic hydroxyl groups excluding tert-OH is 1. The van der Waals surface area contributed by atoms with E-state index in [4.69, 9.17) is 14.2 Å². The lowest BCUT2D eigenvalue weighted by atomic mass is 9.84. The molecule has 9 nitrogen and oxygen atoms in total. The molecule has 0 saturated carbocycles. The zero-order valence-corrected chi connectivity index (χ0v) is 23.0. The van der Waals surface area contributed by atoms with Crippen molar-refractivity contribution >= 4 is 27.3 Å². The number of alkyl halides is 1. The van der Waals surface area contributed by atoms with Crippen molar-refractivity contribution in [3.63, 3.8) is 0 Å². The molecule has 2 unspecified atom stereocenters. The normalized spacial score (nSPS) is 16.4. The molecule has 1 amide bonds. The zero-order chi connectivity index (χ0) is 27.9. The number of carbonyl (C=O) groups is 1. The van der Waals surface area contributed by atoms with Crippen molar-refractivity contribution in [2.75, 3.05) is 29.9 Å². The molecule has 38 heavy (non-hydrogen) atoms. The van der Waals surface area contributed by atoms with Gasteiger partial charge in [0.2, 0.25) is 11.8 Å². The van der Waals surface area contributed by atoms with Crippen molar-refractivity contribution in [2.45, 2.75) is 63.8 Å². The highest BCUT2D eigenvalue weighted by Crippen LogP contribution is 2.32. The minimum absolute atomic E-state index is 0.0168. The number of hydrogen-bond donors (Lipinski definition) is 3. The number of aliphatic hydroxyl groups is 1. The van der Waals surface area contributed by atoms with E-state index in [1.165, 1.54) is 50.2 Å². The van der Waals surface area contributed by atoms with Crippen LogP contribution in [-0.2, 0) is 19.6 Å². The third-order valence-corrected chi connectivity index (χ3v) is 7.61. The summed E-state index contributed by atoms with van der Waals surface area (Å²) in [7, 11) is -4.11. The number of rotatable bonds is 12. The van der Waals surface area contributed by atoms with E-state index >= 15 is 0 Å². The number of anilines is 2. The molecule has 0 aromatic heterocycles. The molecular formula is C27H37FN2O7S. The van der Waals surface area contributed by atoms with Crippen molar-refractivity contribution in [3.05, 3.63) is 42.5 Å². The molecule has 1 fully saturated rings. The molecular weight excluding hydrogens is 515 g/mol. The molecule has 3 rings (SSSR count). The fourth-order valence-corrected chi connectivity index (χ4v) is 5.57. The van der Waals surface area contributed by atoms with E-state index in [-0.39, 0.29) is 40.5 Å². The maximum atomic E-state index is 13.9. The van der Waals surface area contributed by atoms with Crippen LogP contribution in [-0.4, -0.2) is 51.2 Å². The van der Waals surface area contributed by atoms with Gasteiger partial charge in [-0.3, -0.25) is 9.52 Å². The van der Waals surface area contributed by atoms with Crippen molar-refractivity contribution < 1.29 is 36.9 Å². The van der Waals surface area contributed by atoms with Crippen LogP contribution in [0.5, 0.6) is 11.5 Å². The highest BCUT2D eigenvalue weighted by atomic mass is 32.2. The van der Waals surface area contributed by atoms with Gasteiger partial charge in [-0.15, -0.1) is 0 Å². The van der Waals surface area contributed by atoms with Gasteiger partial charge < -0.3 is 24.6 Å². The molecule has 3 N–H and O–H groups in total. The first-order valence-electron chi connectivity index (χ1n) is 12.8. The lowest BCUT2D eigenvalue weighted by Crippen LogP contribution is -2.39. The fraction of sp³-hybridized carbons (Fsp3) is 0.519. The molecule has 2 aromatic carbocycles. The number of ether oxygens (including phenoxy) is 3. The Labute approximate surface area is 223 Å². The van der Waals surface area contributed by atoms with Gasteiger partial charge in [0.05, 0.1) is 24.3 Å². The number of nitrogens with one attached hydrogen (secondary N) is 2. The molecule has 0 bridgehead atoms. The largest absolute Gasteiger partial charge is 0.492 e. The van der Waals surface area contributed by atoms with Crippen LogP contribution in [0.25, 0.3) is 0 Å². The second-order valence-corrected chi connectivity index (χ2v) is 11.3. The summed E-state index contributed by atoms with van der Waals surface area (Å²) in [5, 5.41) is 13.6. The monoisotopic (exact) mass is 552 g/mol. The Morgan fingerprint density at radius 2 is 1.87 bits per heavy atom. The summed E-state index contributed by atoms with van der Waals surface area (Å²) in [6, 6.07) is 10.2. The topological polar surface area (TPSA) is 123 Å². The lowest BCUT2D eigenvalue weighted by molar-refractivity contribution is -0.126. The van der Waals surface area contributed by atoms with Crippen LogP contribution in [0.4, 0.5) is 15.8 Å². The Hall–Kier alpha value is -2.89. The summed E-state index contributed by atoms with van der Waals surface area (Å²) in [6.45, 7) is 7.36. The first kappa shape index (κ1) is 29.7. The van der Waals surface area contributed by atoms with Crippen molar-refractivity contribution in [2.24, 2.45) is 11.8 Å². The van der Waals surface area contributed by atoms with E-state index < -0.39 is 27.9 Å². The van der Waals surface area contributed by atoms with Gasteiger partial charge in [0.15, 0.2) is 0 Å². The van der Waals surface area contributed by atoms with Crippen molar-refractivity contribution in [1.82, 2.24) is 0 Å². The molecule has 11 heteroatoms. The van der Waals surface area contributed by atoms with Gasteiger partial charge in [0.1, 0.15) is 16.4 Å². The number of carbonyl (C=O) groups excluding carboxylic acids is 1. The predicted molar refractivity (Wildman–Crippen MR) is 143 cm³/mol. The predicted octanol–water partition coefficient (Wildman–Crippen LogP) is 4.72. The summed E-state index contributed by atoms with van der Waals surface area (Å²) < 4.78 is 58.9. The van der Waals surface area contributed by atoms with Gasteiger partial charge >= 0.3 is 0 Å². The number of halogens is 1. The van der Waals surface area contributed by atoms with Gasteiger partial charge in [-0.05, 0) is 56.4 Å². The van der Waals surface area contributed by atoms with Crippen LogP contribution >= 0.6 is 0 Å². The maximum Gasteiger partial charge on any atom is 0.265 e. The van der Waals surface area contributed by atoms with Gasteiger partial charge in [-0.1, -0.05) is 13.0 Å². The highest BCUT2D eigenvalue weighted by molar-refractivity contribution is 7.92. The van der Waals surface area contributed by atoms with Crippen LogP contribution in [0.15, 0.2) is 47.4 Å². The van der Waals surface area contributed by atoms with Gasteiger partial charge in [-0.2, -0.15) is 4.39 Å².